The summed E-state index contributed by atoms with van der Waals surface area (Å²) in [6.45, 7) is 10.9. The van der Waals surface area contributed by atoms with Crippen LogP contribution in [0.15, 0.2) is 36.4 Å². The molecule has 3 aromatic rings. The van der Waals surface area contributed by atoms with E-state index < -0.39 is 5.97 Å². The van der Waals surface area contributed by atoms with Crippen molar-refractivity contribution in [3.05, 3.63) is 52.5 Å². The van der Waals surface area contributed by atoms with Gasteiger partial charge >= 0.3 is 5.97 Å². The number of carboxylic acids is 1. The fourth-order valence-corrected chi connectivity index (χ4v) is 7.62. The summed E-state index contributed by atoms with van der Waals surface area (Å²) >= 11 is 6.65. The van der Waals surface area contributed by atoms with Crippen molar-refractivity contribution in [2.75, 3.05) is 44.2 Å². The normalized spacial score (nSPS) is 19.8. The lowest BCUT2D eigenvalue weighted by molar-refractivity contribution is 0.0266. The first-order valence-electron chi connectivity index (χ1n) is 15.7. The summed E-state index contributed by atoms with van der Waals surface area (Å²) in [5, 5.41) is 11.8. The molecule has 7 heteroatoms. The van der Waals surface area contributed by atoms with Gasteiger partial charge in [-0.3, -0.25) is 0 Å². The molecular weight excluding hydrogens is 546 g/mol. The number of rotatable bonds is 8. The number of piperidine rings is 1. The molecule has 2 aliphatic heterocycles. The summed E-state index contributed by atoms with van der Waals surface area (Å²) in [5.74, 6) is 0.222. The first-order valence-corrected chi connectivity index (χ1v) is 16.0. The molecule has 2 aromatic carbocycles. The highest BCUT2D eigenvalue weighted by molar-refractivity contribution is 6.31. The third kappa shape index (κ3) is 6.36. The highest BCUT2D eigenvalue weighted by Gasteiger charge is 2.31. The standard InChI is InChI=1S/C34H44ClN3O3.CH4/c1-23(2)41-22-24-7-6-14-36(21-24)15-16-37-17-18-38-31-19-26(34(39)40)10-12-28(31)32(25-8-4-3-5-9-25)33(38)29-13-11-27(35)20-30(29)37;/h10-13,19-20,23-25H,3-9,14-18,21-22H2,1-2H3,(H,39,40);1H4. The van der Waals surface area contributed by atoms with Crippen molar-refractivity contribution in [3.8, 4) is 11.3 Å². The van der Waals surface area contributed by atoms with Crippen molar-refractivity contribution in [1.29, 1.82) is 0 Å². The van der Waals surface area contributed by atoms with Crippen LogP contribution in [0.4, 0.5) is 5.69 Å². The van der Waals surface area contributed by atoms with Gasteiger partial charge in [0.2, 0.25) is 0 Å². The number of hydrogen-bond acceptors (Lipinski definition) is 4. The second kappa shape index (κ2) is 13.4. The van der Waals surface area contributed by atoms with E-state index in [1.54, 1.807) is 6.07 Å². The molecule has 1 atom stereocenters. The van der Waals surface area contributed by atoms with Crippen molar-refractivity contribution >= 4 is 34.2 Å². The molecule has 1 aromatic heterocycles. The van der Waals surface area contributed by atoms with Gasteiger partial charge in [0.05, 0.1) is 24.0 Å². The van der Waals surface area contributed by atoms with Gasteiger partial charge in [-0.2, -0.15) is 0 Å². The molecular formula is C35H48ClN3O3. The molecule has 1 unspecified atom stereocenters. The molecule has 0 spiro atoms. The topological polar surface area (TPSA) is 57.9 Å². The minimum absolute atomic E-state index is 0. The van der Waals surface area contributed by atoms with Gasteiger partial charge in [0.15, 0.2) is 0 Å². The maximum atomic E-state index is 12.0. The number of nitrogens with zero attached hydrogens (tertiary/aromatic N) is 3. The van der Waals surface area contributed by atoms with E-state index in [4.69, 9.17) is 16.3 Å². The van der Waals surface area contributed by atoms with Crippen molar-refractivity contribution in [3.63, 3.8) is 0 Å². The second-order valence-electron chi connectivity index (χ2n) is 12.6. The summed E-state index contributed by atoms with van der Waals surface area (Å²) in [5.41, 5.74) is 6.51. The monoisotopic (exact) mass is 593 g/mol. The molecule has 6 rings (SSSR count). The first kappa shape index (κ1) is 30.9. The number of carboxylic acid groups (broad SMARTS) is 1. The van der Waals surface area contributed by atoms with Crippen molar-refractivity contribution < 1.29 is 14.6 Å². The Hall–Kier alpha value is -2.54. The van der Waals surface area contributed by atoms with E-state index in [1.165, 1.54) is 72.8 Å². The van der Waals surface area contributed by atoms with Crippen molar-refractivity contribution in [2.24, 2.45) is 5.92 Å². The number of anilines is 1. The number of aromatic carboxylic acids is 1. The summed E-state index contributed by atoms with van der Waals surface area (Å²) in [4.78, 5) is 17.1. The number of likely N-dealkylation sites (tertiary alicyclic amines) is 1. The number of halogens is 1. The van der Waals surface area contributed by atoms with E-state index in [1.807, 2.05) is 12.1 Å². The Kier molecular flexibility index (Phi) is 9.86. The maximum Gasteiger partial charge on any atom is 0.335 e. The predicted molar refractivity (Wildman–Crippen MR) is 174 cm³/mol. The Balaban J connectivity index is 0.00000353. The van der Waals surface area contributed by atoms with Gasteiger partial charge in [-0.15, -0.1) is 0 Å². The van der Waals surface area contributed by atoms with E-state index in [-0.39, 0.29) is 13.5 Å². The van der Waals surface area contributed by atoms with Crippen LogP contribution in [0.5, 0.6) is 0 Å². The first-order chi connectivity index (χ1) is 19.9. The highest BCUT2D eigenvalue weighted by atomic mass is 35.5. The third-order valence-corrected chi connectivity index (χ3v) is 9.70. The summed E-state index contributed by atoms with van der Waals surface area (Å²) in [6, 6.07) is 12.1. The number of benzene rings is 2. The van der Waals surface area contributed by atoms with Crippen LogP contribution >= 0.6 is 11.6 Å². The van der Waals surface area contributed by atoms with Crippen LogP contribution in [0.3, 0.4) is 0 Å². The summed E-state index contributed by atoms with van der Waals surface area (Å²) in [7, 11) is 0. The molecule has 3 heterocycles. The van der Waals surface area contributed by atoms with Gasteiger partial charge in [-0.25, -0.2) is 4.79 Å². The molecule has 0 amide bonds. The van der Waals surface area contributed by atoms with Crippen molar-refractivity contribution in [1.82, 2.24) is 9.47 Å². The van der Waals surface area contributed by atoms with Gasteiger partial charge in [0.25, 0.3) is 0 Å². The van der Waals surface area contributed by atoms with Crippen LogP contribution in [0.1, 0.15) is 88.1 Å². The molecule has 1 saturated heterocycles. The Morgan fingerprint density at radius 2 is 1.81 bits per heavy atom. The van der Waals surface area contributed by atoms with Crippen LogP contribution in [-0.2, 0) is 11.3 Å². The number of fused-ring (bicyclic) bond motifs is 5. The lowest BCUT2D eigenvalue weighted by Gasteiger charge is -2.35. The van der Waals surface area contributed by atoms with Crippen LogP contribution in [-0.4, -0.2) is 66.0 Å². The number of ether oxygens (including phenoxy) is 1. The molecule has 228 valence electrons. The van der Waals surface area contributed by atoms with Gasteiger partial charge in [-0.1, -0.05) is 44.4 Å². The molecule has 0 radical (unpaired) electrons. The summed E-state index contributed by atoms with van der Waals surface area (Å²) < 4.78 is 8.37. The van der Waals surface area contributed by atoms with E-state index in [9.17, 15) is 9.90 Å². The average molecular weight is 594 g/mol. The zero-order valence-corrected chi connectivity index (χ0v) is 25.3. The van der Waals surface area contributed by atoms with Gasteiger partial charge < -0.3 is 24.2 Å². The number of hydrogen-bond donors (Lipinski definition) is 1. The number of aromatic nitrogens is 1. The van der Waals surface area contributed by atoms with Crippen LogP contribution in [0.2, 0.25) is 5.02 Å². The fraction of sp³-hybridized carbons (Fsp3) is 0.571. The quantitative estimate of drug-likeness (QED) is 0.285. The molecule has 0 bridgehead atoms. The molecule has 1 saturated carbocycles. The third-order valence-electron chi connectivity index (χ3n) is 9.47. The smallest absolute Gasteiger partial charge is 0.335 e. The van der Waals surface area contributed by atoms with Gasteiger partial charge in [-0.05, 0) is 93.8 Å². The SMILES string of the molecule is C.CC(C)OCC1CCCN(CCN2CCn3c(c(C4CCCCC4)c4ccc(C(=O)O)cc43)-c3ccc(Cl)cc32)C1. The molecule has 1 N–H and O–H groups in total. The molecule has 42 heavy (non-hydrogen) atoms. The minimum Gasteiger partial charge on any atom is -0.478 e. The Morgan fingerprint density at radius 1 is 1.00 bits per heavy atom. The molecule has 1 aliphatic carbocycles. The predicted octanol–water partition coefficient (Wildman–Crippen LogP) is 8.30. The van der Waals surface area contributed by atoms with Crippen LogP contribution in [0, 0.1) is 5.92 Å². The van der Waals surface area contributed by atoms with Crippen LogP contribution < -0.4 is 4.90 Å². The summed E-state index contributed by atoms with van der Waals surface area (Å²) in [6.07, 6.45) is 8.94. The lowest BCUT2D eigenvalue weighted by Crippen LogP contribution is -2.42. The maximum absolute atomic E-state index is 12.0. The van der Waals surface area contributed by atoms with E-state index in [0.717, 1.165) is 56.4 Å². The lowest BCUT2D eigenvalue weighted by atomic mass is 9.81. The molecule has 6 nitrogen and oxygen atoms in total. The van der Waals surface area contributed by atoms with E-state index in [2.05, 4.69) is 46.4 Å². The Bertz CT molecular complexity index is 1390. The average Bonchev–Trinajstić information content (AvgIpc) is 3.21. The minimum atomic E-state index is -0.872. The van der Waals surface area contributed by atoms with Gasteiger partial charge in [0, 0.05) is 59.9 Å². The zero-order chi connectivity index (χ0) is 28.5. The molecule has 2 fully saturated rings. The second-order valence-corrected chi connectivity index (χ2v) is 13.1. The Labute approximate surface area is 256 Å². The van der Waals surface area contributed by atoms with Gasteiger partial charge in [0.1, 0.15) is 0 Å². The zero-order valence-electron chi connectivity index (χ0n) is 24.6. The van der Waals surface area contributed by atoms with Crippen LogP contribution in [0.25, 0.3) is 22.2 Å². The number of carbonyl (C=O) groups is 1. The highest BCUT2D eigenvalue weighted by Crippen LogP contribution is 2.48. The van der Waals surface area contributed by atoms with E-state index >= 15 is 0 Å². The fourth-order valence-electron chi connectivity index (χ4n) is 7.46. The largest absolute Gasteiger partial charge is 0.478 e. The molecule has 3 aliphatic rings. The van der Waals surface area contributed by atoms with Crippen molar-refractivity contribution in [2.45, 2.75) is 84.8 Å². The Morgan fingerprint density at radius 3 is 2.57 bits per heavy atom. The van der Waals surface area contributed by atoms with E-state index in [0.29, 0.717) is 17.4 Å².